The van der Waals surface area contributed by atoms with Crippen molar-refractivity contribution in [3.63, 3.8) is 0 Å². The average Bonchev–Trinajstić information content (AvgIpc) is 2.63. The summed E-state index contributed by atoms with van der Waals surface area (Å²) in [5.74, 6) is 0. The fraction of sp³-hybridized carbons (Fsp3) is 0.647. The van der Waals surface area contributed by atoms with Crippen LogP contribution in [0.4, 0.5) is 0 Å². The zero-order chi connectivity index (χ0) is 17.7. The second-order valence-corrected chi connectivity index (χ2v) is 7.03. The molecule has 0 spiro atoms. The summed E-state index contributed by atoms with van der Waals surface area (Å²) in [5.41, 5.74) is 0.892. The Morgan fingerprint density at radius 1 is 1.00 bits per heavy atom. The monoisotopic (exact) mass is 360 g/mol. The summed E-state index contributed by atoms with van der Waals surface area (Å²) in [6.07, 6.45) is 1.51. The smallest absolute Gasteiger partial charge is 0.379 e. The highest BCUT2D eigenvalue weighted by molar-refractivity contribution is 7.48. The molecule has 0 N–H and O–H groups in total. The fourth-order valence-corrected chi connectivity index (χ4v) is 2.77. The summed E-state index contributed by atoms with van der Waals surface area (Å²) >= 11 is 0. The fourth-order valence-electron chi connectivity index (χ4n) is 1.83. The molecule has 7 heteroatoms. The van der Waals surface area contributed by atoms with E-state index < -0.39 is 7.82 Å². The molecule has 138 valence electrons. The number of phosphoric acid groups is 1. The first-order valence-corrected chi connectivity index (χ1v) is 9.77. The van der Waals surface area contributed by atoms with E-state index in [0.717, 1.165) is 18.4 Å². The highest BCUT2D eigenvalue weighted by Crippen LogP contribution is 2.49. The standard InChI is InChI=1S/C17H29O6P/c1-4-11-20-14-17(21-12-5-2)15-23-24(18,19-3)22-13-16-9-7-6-8-10-16/h6-10,17H,4-5,11-15H2,1-3H3/t17-,24+/m1/s1. The van der Waals surface area contributed by atoms with Gasteiger partial charge >= 0.3 is 7.82 Å². The third-order valence-corrected chi connectivity index (χ3v) is 4.44. The molecule has 0 saturated heterocycles. The Hall–Kier alpha value is -0.750. The first kappa shape index (κ1) is 21.3. The van der Waals surface area contributed by atoms with Crippen molar-refractivity contribution in [2.75, 3.05) is 33.5 Å². The molecule has 0 radical (unpaired) electrons. The van der Waals surface area contributed by atoms with Gasteiger partial charge in [0.15, 0.2) is 0 Å². The van der Waals surface area contributed by atoms with Crippen LogP contribution in [0.15, 0.2) is 30.3 Å². The minimum atomic E-state index is -3.63. The molecule has 0 aromatic heterocycles. The SMILES string of the molecule is CCCOC[C@H](CO[P@@](=O)(OC)OCc1ccccc1)OCCC. The van der Waals surface area contributed by atoms with Gasteiger partial charge in [-0.2, -0.15) is 0 Å². The Morgan fingerprint density at radius 3 is 2.33 bits per heavy atom. The lowest BCUT2D eigenvalue weighted by atomic mass is 10.2. The summed E-state index contributed by atoms with van der Waals surface area (Å²) in [6.45, 7) is 5.92. The summed E-state index contributed by atoms with van der Waals surface area (Å²) in [7, 11) is -2.32. The first-order chi connectivity index (χ1) is 11.6. The maximum Gasteiger partial charge on any atom is 0.474 e. The van der Waals surface area contributed by atoms with Gasteiger partial charge < -0.3 is 9.47 Å². The van der Waals surface area contributed by atoms with E-state index in [9.17, 15) is 4.57 Å². The van der Waals surface area contributed by atoms with Crippen LogP contribution >= 0.6 is 7.82 Å². The minimum absolute atomic E-state index is 0.0869. The lowest BCUT2D eigenvalue weighted by Crippen LogP contribution is -2.26. The van der Waals surface area contributed by atoms with Gasteiger partial charge in [-0.25, -0.2) is 4.57 Å². The number of rotatable bonds is 14. The third kappa shape index (κ3) is 8.92. The lowest BCUT2D eigenvalue weighted by molar-refractivity contribution is -0.0437. The molecular weight excluding hydrogens is 331 g/mol. The molecule has 0 amide bonds. The van der Waals surface area contributed by atoms with Crippen LogP contribution in [-0.4, -0.2) is 39.6 Å². The number of benzene rings is 1. The van der Waals surface area contributed by atoms with Crippen molar-refractivity contribution in [3.8, 4) is 0 Å². The molecule has 24 heavy (non-hydrogen) atoms. The van der Waals surface area contributed by atoms with E-state index in [2.05, 4.69) is 0 Å². The molecule has 0 fully saturated rings. The van der Waals surface area contributed by atoms with Crippen molar-refractivity contribution < 1.29 is 27.6 Å². The normalized spacial score (nSPS) is 15.1. The Kier molecular flexibility index (Phi) is 11.2. The van der Waals surface area contributed by atoms with Crippen molar-refractivity contribution in [1.82, 2.24) is 0 Å². The van der Waals surface area contributed by atoms with Crippen LogP contribution in [0.2, 0.25) is 0 Å². The van der Waals surface area contributed by atoms with Crippen molar-refractivity contribution in [2.45, 2.75) is 39.4 Å². The first-order valence-electron chi connectivity index (χ1n) is 8.31. The topological polar surface area (TPSA) is 63.2 Å². The van der Waals surface area contributed by atoms with Crippen LogP contribution in [0.5, 0.6) is 0 Å². The van der Waals surface area contributed by atoms with Gasteiger partial charge in [0.05, 0.1) is 19.8 Å². The Morgan fingerprint density at radius 2 is 1.71 bits per heavy atom. The number of hydrogen-bond donors (Lipinski definition) is 0. The average molecular weight is 360 g/mol. The van der Waals surface area contributed by atoms with Gasteiger partial charge in [-0.05, 0) is 18.4 Å². The molecule has 0 bridgehead atoms. The molecule has 1 aromatic rings. The van der Waals surface area contributed by atoms with Gasteiger partial charge in [-0.15, -0.1) is 0 Å². The highest BCUT2D eigenvalue weighted by atomic mass is 31.2. The zero-order valence-electron chi connectivity index (χ0n) is 14.8. The highest BCUT2D eigenvalue weighted by Gasteiger charge is 2.27. The number of phosphoric ester groups is 1. The molecule has 6 nitrogen and oxygen atoms in total. The van der Waals surface area contributed by atoms with E-state index in [0.29, 0.717) is 19.8 Å². The molecule has 2 atom stereocenters. The zero-order valence-corrected chi connectivity index (χ0v) is 15.7. The summed E-state index contributed by atoms with van der Waals surface area (Å²) in [5, 5.41) is 0. The summed E-state index contributed by atoms with van der Waals surface area (Å²) in [6, 6.07) is 9.44. The maximum absolute atomic E-state index is 12.5. The minimum Gasteiger partial charge on any atom is -0.379 e. The summed E-state index contributed by atoms with van der Waals surface area (Å²) in [4.78, 5) is 0. The molecule has 0 saturated carbocycles. The molecule has 0 aliphatic carbocycles. The Bertz CT molecular complexity index is 467. The van der Waals surface area contributed by atoms with Crippen LogP contribution in [0, 0.1) is 0 Å². The lowest BCUT2D eigenvalue weighted by Gasteiger charge is -2.21. The predicted octanol–water partition coefficient (Wildman–Crippen LogP) is 4.20. The molecule has 0 aliphatic rings. The van der Waals surface area contributed by atoms with Gasteiger partial charge in [-0.1, -0.05) is 44.2 Å². The quantitative estimate of drug-likeness (QED) is 0.366. The van der Waals surface area contributed by atoms with Gasteiger partial charge in [0.1, 0.15) is 6.10 Å². The largest absolute Gasteiger partial charge is 0.474 e. The van der Waals surface area contributed by atoms with Crippen LogP contribution in [0.1, 0.15) is 32.3 Å². The van der Waals surface area contributed by atoms with Crippen molar-refractivity contribution in [1.29, 1.82) is 0 Å². The number of hydrogen-bond acceptors (Lipinski definition) is 6. The Balaban J connectivity index is 2.48. The van der Waals surface area contributed by atoms with Crippen molar-refractivity contribution in [2.24, 2.45) is 0 Å². The Labute approximate surface area is 145 Å². The van der Waals surface area contributed by atoms with Gasteiger partial charge in [-0.3, -0.25) is 13.6 Å². The third-order valence-electron chi connectivity index (χ3n) is 3.08. The molecule has 0 heterocycles. The number of ether oxygens (including phenoxy) is 2. The van der Waals surface area contributed by atoms with E-state index >= 15 is 0 Å². The van der Waals surface area contributed by atoms with Crippen LogP contribution in [0.3, 0.4) is 0 Å². The molecule has 1 rings (SSSR count). The second kappa shape index (κ2) is 12.6. The van der Waals surface area contributed by atoms with Gasteiger partial charge in [0.2, 0.25) is 0 Å². The summed E-state index contributed by atoms with van der Waals surface area (Å²) < 4.78 is 39.4. The molecular formula is C17H29O6P. The van der Waals surface area contributed by atoms with Crippen LogP contribution < -0.4 is 0 Å². The van der Waals surface area contributed by atoms with Crippen LogP contribution in [-0.2, 0) is 34.2 Å². The molecule has 0 aliphatic heterocycles. The molecule has 0 unspecified atom stereocenters. The van der Waals surface area contributed by atoms with Gasteiger partial charge in [0.25, 0.3) is 0 Å². The molecule has 1 aromatic carbocycles. The maximum atomic E-state index is 12.5. The van der Waals surface area contributed by atoms with Gasteiger partial charge in [0, 0.05) is 20.3 Å². The van der Waals surface area contributed by atoms with E-state index in [-0.39, 0.29) is 19.3 Å². The predicted molar refractivity (Wildman–Crippen MR) is 92.9 cm³/mol. The van der Waals surface area contributed by atoms with E-state index in [1.165, 1.54) is 7.11 Å². The van der Waals surface area contributed by atoms with E-state index in [4.69, 9.17) is 23.0 Å². The second-order valence-electron chi connectivity index (χ2n) is 5.25. The van der Waals surface area contributed by atoms with E-state index in [1.54, 1.807) is 0 Å². The van der Waals surface area contributed by atoms with Crippen LogP contribution in [0.25, 0.3) is 0 Å². The van der Waals surface area contributed by atoms with Crippen molar-refractivity contribution in [3.05, 3.63) is 35.9 Å². The van der Waals surface area contributed by atoms with Crippen molar-refractivity contribution >= 4 is 7.82 Å². The van der Waals surface area contributed by atoms with E-state index in [1.807, 2.05) is 44.2 Å².